The summed E-state index contributed by atoms with van der Waals surface area (Å²) in [6.45, 7) is 7.62. The van der Waals surface area contributed by atoms with Crippen LogP contribution in [0, 0.1) is 13.8 Å². The van der Waals surface area contributed by atoms with E-state index in [2.05, 4.69) is 25.6 Å². The zero-order valence-electron chi connectivity index (χ0n) is 15.3. The van der Waals surface area contributed by atoms with Gasteiger partial charge in [0.1, 0.15) is 5.01 Å². The Morgan fingerprint density at radius 3 is 2.46 bits per heavy atom. The van der Waals surface area contributed by atoms with E-state index in [0.717, 1.165) is 33.3 Å². The predicted octanol–water partition coefficient (Wildman–Crippen LogP) is 2.27. The summed E-state index contributed by atoms with van der Waals surface area (Å²) >= 11 is 1.54. The molecule has 1 aromatic carbocycles. The molecule has 0 aliphatic carbocycles. The van der Waals surface area contributed by atoms with E-state index in [4.69, 9.17) is 0 Å². The Hall–Kier alpha value is -2.94. The summed E-state index contributed by atoms with van der Waals surface area (Å²) in [4.78, 5) is 16.5. The molecule has 9 heteroatoms. The van der Waals surface area contributed by atoms with Crippen LogP contribution in [-0.4, -0.2) is 36.2 Å². The summed E-state index contributed by atoms with van der Waals surface area (Å²) in [6.07, 6.45) is 0. The maximum Gasteiger partial charge on any atom is 0.368 e. The molecule has 8 nitrogen and oxygen atoms in total. The minimum atomic E-state index is -0.298. The molecule has 0 bridgehead atoms. The molecule has 26 heavy (non-hydrogen) atoms. The molecule has 0 N–H and O–H groups in total. The van der Waals surface area contributed by atoms with Crippen LogP contribution in [0.3, 0.4) is 0 Å². The summed E-state index contributed by atoms with van der Waals surface area (Å²) in [5.41, 5.74) is 4.62. The number of rotatable bonds is 4. The maximum atomic E-state index is 12.1. The van der Waals surface area contributed by atoms with Gasteiger partial charge < -0.3 is 0 Å². The molecule has 3 rings (SSSR count). The SMILES string of the molecule is C/C(=N\N=C(/C)c1nc(C)cs1)c1ccc(C)c(-n2nnn(C)c2=O)c1. The second kappa shape index (κ2) is 7.12. The molecule has 0 saturated heterocycles. The van der Waals surface area contributed by atoms with E-state index in [-0.39, 0.29) is 5.69 Å². The van der Waals surface area contributed by atoms with Crippen LogP contribution in [0.25, 0.3) is 5.69 Å². The molecule has 0 aliphatic heterocycles. The lowest BCUT2D eigenvalue weighted by Crippen LogP contribution is -2.22. The minimum absolute atomic E-state index is 0.298. The Labute approximate surface area is 154 Å². The van der Waals surface area contributed by atoms with E-state index in [9.17, 15) is 4.79 Å². The van der Waals surface area contributed by atoms with Gasteiger partial charge in [-0.25, -0.2) is 9.78 Å². The smallest absolute Gasteiger partial charge is 0.244 e. The fourth-order valence-corrected chi connectivity index (χ4v) is 3.04. The molecular formula is C17H19N7OS. The highest BCUT2D eigenvalue weighted by Crippen LogP contribution is 2.15. The minimum Gasteiger partial charge on any atom is -0.244 e. The van der Waals surface area contributed by atoms with Gasteiger partial charge in [-0.15, -0.1) is 11.3 Å². The van der Waals surface area contributed by atoms with Gasteiger partial charge in [-0.3, -0.25) is 0 Å². The van der Waals surface area contributed by atoms with Crippen LogP contribution in [0.4, 0.5) is 0 Å². The van der Waals surface area contributed by atoms with E-state index in [1.165, 1.54) is 9.36 Å². The largest absolute Gasteiger partial charge is 0.368 e. The second-order valence-corrected chi connectivity index (χ2v) is 6.82. The number of benzene rings is 1. The molecule has 0 fully saturated rings. The van der Waals surface area contributed by atoms with Crippen molar-refractivity contribution < 1.29 is 0 Å². The number of aryl methyl sites for hydroxylation is 3. The molecule has 3 aromatic rings. The van der Waals surface area contributed by atoms with Gasteiger partial charge in [-0.2, -0.15) is 19.6 Å². The van der Waals surface area contributed by atoms with Crippen molar-refractivity contribution in [1.82, 2.24) is 24.8 Å². The summed E-state index contributed by atoms with van der Waals surface area (Å²) < 4.78 is 2.47. The normalized spacial score (nSPS) is 12.7. The summed E-state index contributed by atoms with van der Waals surface area (Å²) in [5.74, 6) is 0. The Morgan fingerprint density at radius 1 is 1.12 bits per heavy atom. The van der Waals surface area contributed by atoms with Gasteiger partial charge in [-0.05, 0) is 55.3 Å². The van der Waals surface area contributed by atoms with E-state index in [1.807, 2.05) is 51.3 Å². The van der Waals surface area contributed by atoms with Gasteiger partial charge in [-0.1, -0.05) is 12.1 Å². The van der Waals surface area contributed by atoms with Gasteiger partial charge in [0.15, 0.2) is 0 Å². The Balaban J connectivity index is 1.95. The van der Waals surface area contributed by atoms with Crippen molar-refractivity contribution in [1.29, 1.82) is 0 Å². The second-order valence-electron chi connectivity index (χ2n) is 5.96. The number of tetrazole rings is 1. The van der Waals surface area contributed by atoms with E-state index in [1.54, 1.807) is 18.4 Å². The monoisotopic (exact) mass is 369 g/mol. The predicted molar refractivity (Wildman–Crippen MR) is 103 cm³/mol. The van der Waals surface area contributed by atoms with Crippen LogP contribution in [-0.2, 0) is 7.05 Å². The molecule has 0 atom stereocenters. The summed E-state index contributed by atoms with van der Waals surface area (Å²) in [7, 11) is 1.57. The molecule has 2 heterocycles. The Morgan fingerprint density at radius 2 is 1.85 bits per heavy atom. The zero-order valence-corrected chi connectivity index (χ0v) is 16.1. The van der Waals surface area contributed by atoms with Gasteiger partial charge >= 0.3 is 5.69 Å². The third kappa shape index (κ3) is 3.52. The number of hydrogen-bond donors (Lipinski definition) is 0. The lowest BCUT2D eigenvalue weighted by atomic mass is 10.1. The third-order valence-electron chi connectivity index (χ3n) is 3.86. The van der Waals surface area contributed by atoms with Gasteiger partial charge in [0, 0.05) is 18.1 Å². The average Bonchev–Trinajstić information content (AvgIpc) is 3.19. The molecule has 2 aromatic heterocycles. The fourth-order valence-electron chi connectivity index (χ4n) is 2.30. The molecule has 0 amide bonds. The first-order valence-electron chi connectivity index (χ1n) is 7.98. The molecule has 0 aliphatic rings. The number of thiazole rings is 1. The standard InChI is InChI=1S/C17H19N7OS/c1-10-6-7-14(8-15(10)24-17(25)23(5)21-22-24)12(3)19-20-13(4)16-18-11(2)9-26-16/h6-9H,1-5H3/b19-12+,20-13+. The van der Waals surface area contributed by atoms with Crippen molar-refractivity contribution in [2.45, 2.75) is 27.7 Å². The van der Waals surface area contributed by atoms with Crippen molar-refractivity contribution in [3.8, 4) is 5.69 Å². The topological polar surface area (TPSA) is 90.3 Å². The Kier molecular flexibility index (Phi) is 4.90. The van der Waals surface area contributed by atoms with E-state index < -0.39 is 0 Å². The van der Waals surface area contributed by atoms with Gasteiger partial charge in [0.2, 0.25) is 0 Å². The first kappa shape index (κ1) is 17.9. The number of hydrogen-bond acceptors (Lipinski definition) is 7. The van der Waals surface area contributed by atoms with Crippen LogP contribution >= 0.6 is 11.3 Å². The van der Waals surface area contributed by atoms with Gasteiger partial charge in [0.25, 0.3) is 0 Å². The highest BCUT2D eigenvalue weighted by molar-refractivity contribution is 7.11. The molecule has 0 spiro atoms. The summed E-state index contributed by atoms with van der Waals surface area (Å²) in [6, 6.07) is 5.73. The third-order valence-corrected chi connectivity index (χ3v) is 4.92. The lowest BCUT2D eigenvalue weighted by Gasteiger charge is -2.07. The van der Waals surface area contributed by atoms with Crippen LogP contribution in [0.5, 0.6) is 0 Å². The van der Waals surface area contributed by atoms with Crippen molar-refractivity contribution in [2.75, 3.05) is 0 Å². The van der Waals surface area contributed by atoms with Gasteiger partial charge in [0.05, 0.1) is 17.1 Å². The molecule has 0 radical (unpaired) electrons. The van der Waals surface area contributed by atoms with Crippen LogP contribution in [0.15, 0.2) is 38.6 Å². The number of nitrogens with zero attached hydrogens (tertiary/aromatic N) is 7. The Bertz CT molecular complexity index is 1070. The highest BCUT2D eigenvalue weighted by Gasteiger charge is 2.11. The van der Waals surface area contributed by atoms with Crippen molar-refractivity contribution in [3.63, 3.8) is 0 Å². The van der Waals surface area contributed by atoms with Crippen molar-refractivity contribution >= 4 is 22.8 Å². The van der Waals surface area contributed by atoms with Crippen LogP contribution in [0.1, 0.15) is 35.7 Å². The van der Waals surface area contributed by atoms with Crippen LogP contribution < -0.4 is 5.69 Å². The zero-order chi connectivity index (χ0) is 18.8. The molecule has 0 unspecified atom stereocenters. The van der Waals surface area contributed by atoms with E-state index in [0.29, 0.717) is 5.69 Å². The fraction of sp³-hybridized carbons (Fsp3) is 0.294. The first-order chi connectivity index (χ1) is 12.4. The highest BCUT2D eigenvalue weighted by atomic mass is 32.1. The molecule has 0 saturated carbocycles. The van der Waals surface area contributed by atoms with Crippen molar-refractivity contribution in [2.24, 2.45) is 17.3 Å². The first-order valence-corrected chi connectivity index (χ1v) is 8.86. The van der Waals surface area contributed by atoms with E-state index >= 15 is 0 Å². The number of aromatic nitrogens is 5. The summed E-state index contributed by atoms with van der Waals surface area (Å²) in [5, 5.41) is 19.1. The van der Waals surface area contributed by atoms with Crippen LogP contribution in [0.2, 0.25) is 0 Å². The quantitative estimate of drug-likeness (QED) is 0.521. The maximum absolute atomic E-state index is 12.1. The lowest BCUT2D eigenvalue weighted by molar-refractivity contribution is 0.692. The molecular weight excluding hydrogens is 350 g/mol. The average molecular weight is 369 g/mol. The van der Waals surface area contributed by atoms with Crippen molar-refractivity contribution in [3.05, 3.63) is 55.9 Å². The molecule has 134 valence electrons.